The molecule has 0 spiro atoms. The molecule has 1 unspecified atom stereocenters. The highest BCUT2D eigenvalue weighted by atomic mass is 16.4. The van der Waals surface area contributed by atoms with Crippen molar-refractivity contribution in [3.8, 4) is 0 Å². The molecule has 0 amide bonds. The smallest absolute Gasteiger partial charge is 0.371 e. The maximum absolute atomic E-state index is 10.9. The third-order valence-electron chi connectivity index (χ3n) is 3.73. The maximum atomic E-state index is 10.9. The Morgan fingerprint density at radius 1 is 1.25 bits per heavy atom. The Bertz CT molecular complexity index is 421. The van der Waals surface area contributed by atoms with Crippen molar-refractivity contribution < 1.29 is 14.3 Å². The normalized spacial score (nSPS) is 13.4. The van der Waals surface area contributed by atoms with Crippen molar-refractivity contribution in [1.82, 2.24) is 4.90 Å². The predicted molar refractivity (Wildman–Crippen MR) is 80.0 cm³/mol. The molecule has 0 aliphatic heterocycles. The van der Waals surface area contributed by atoms with E-state index < -0.39 is 5.97 Å². The Morgan fingerprint density at radius 3 is 2.25 bits per heavy atom. The number of furan rings is 1. The molecule has 0 aliphatic rings. The molecule has 0 aromatic carbocycles. The zero-order chi connectivity index (χ0) is 15.3. The molecule has 1 aromatic rings. The van der Waals surface area contributed by atoms with Gasteiger partial charge >= 0.3 is 5.97 Å². The van der Waals surface area contributed by atoms with Crippen LogP contribution in [0.1, 0.15) is 69.8 Å². The Balaban J connectivity index is 2.95. The zero-order valence-corrected chi connectivity index (χ0v) is 13.2. The number of carboxylic acids is 1. The van der Waals surface area contributed by atoms with E-state index in [0.717, 1.165) is 25.1 Å². The van der Waals surface area contributed by atoms with Crippen molar-refractivity contribution in [2.75, 3.05) is 6.54 Å². The molecule has 0 aliphatic carbocycles. The average Bonchev–Trinajstić information content (AvgIpc) is 2.87. The highest BCUT2D eigenvalue weighted by molar-refractivity contribution is 5.84. The van der Waals surface area contributed by atoms with Crippen LogP contribution in [0.3, 0.4) is 0 Å². The SMILES string of the molecule is CCC(CC)N(CC(C)C)C(C)c1ccc(C(=O)O)o1. The second-order valence-electron chi connectivity index (χ2n) is 5.74. The number of hydrogen-bond donors (Lipinski definition) is 1. The van der Waals surface area contributed by atoms with Gasteiger partial charge in [-0.3, -0.25) is 4.90 Å². The first-order valence-electron chi connectivity index (χ1n) is 7.49. The monoisotopic (exact) mass is 281 g/mol. The summed E-state index contributed by atoms with van der Waals surface area (Å²) in [5.74, 6) is 0.296. The van der Waals surface area contributed by atoms with Crippen LogP contribution in [0.15, 0.2) is 16.5 Å². The second kappa shape index (κ2) is 7.48. The van der Waals surface area contributed by atoms with Crippen LogP contribution in [0.2, 0.25) is 0 Å². The number of aromatic carboxylic acids is 1. The van der Waals surface area contributed by atoms with Gasteiger partial charge in [-0.1, -0.05) is 27.7 Å². The van der Waals surface area contributed by atoms with E-state index in [9.17, 15) is 4.79 Å². The first-order chi connectivity index (χ1) is 9.40. The van der Waals surface area contributed by atoms with Gasteiger partial charge in [0.15, 0.2) is 0 Å². The molecule has 4 heteroatoms. The molecule has 0 saturated carbocycles. The fraction of sp³-hybridized carbons (Fsp3) is 0.688. The lowest BCUT2D eigenvalue weighted by atomic mass is 10.0. The summed E-state index contributed by atoms with van der Waals surface area (Å²) >= 11 is 0. The first-order valence-corrected chi connectivity index (χ1v) is 7.49. The third-order valence-corrected chi connectivity index (χ3v) is 3.73. The van der Waals surface area contributed by atoms with E-state index in [2.05, 4.69) is 39.5 Å². The van der Waals surface area contributed by atoms with Crippen molar-refractivity contribution in [2.24, 2.45) is 5.92 Å². The lowest BCUT2D eigenvalue weighted by molar-refractivity contribution is 0.0647. The van der Waals surface area contributed by atoms with Gasteiger partial charge in [-0.2, -0.15) is 0 Å². The number of hydrogen-bond acceptors (Lipinski definition) is 3. The van der Waals surface area contributed by atoms with Crippen LogP contribution in [0, 0.1) is 5.92 Å². The summed E-state index contributed by atoms with van der Waals surface area (Å²) in [5.41, 5.74) is 0. The number of carbonyl (C=O) groups is 1. The molecule has 0 radical (unpaired) electrons. The summed E-state index contributed by atoms with van der Waals surface area (Å²) < 4.78 is 5.47. The predicted octanol–water partition coefficient (Wildman–Crippen LogP) is 4.19. The molecule has 20 heavy (non-hydrogen) atoms. The van der Waals surface area contributed by atoms with E-state index in [-0.39, 0.29) is 11.8 Å². The summed E-state index contributed by atoms with van der Waals surface area (Å²) in [7, 11) is 0. The summed E-state index contributed by atoms with van der Waals surface area (Å²) in [6, 6.07) is 3.90. The van der Waals surface area contributed by atoms with Gasteiger partial charge < -0.3 is 9.52 Å². The van der Waals surface area contributed by atoms with Gasteiger partial charge in [0.2, 0.25) is 5.76 Å². The quantitative estimate of drug-likeness (QED) is 0.776. The molecular weight excluding hydrogens is 254 g/mol. The third kappa shape index (κ3) is 4.10. The van der Waals surface area contributed by atoms with E-state index in [4.69, 9.17) is 9.52 Å². The summed E-state index contributed by atoms with van der Waals surface area (Å²) in [6.45, 7) is 11.9. The largest absolute Gasteiger partial charge is 0.475 e. The summed E-state index contributed by atoms with van der Waals surface area (Å²) in [6.07, 6.45) is 2.17. The minimum Gasteiger partial charge on any atom is -0.475 e. The Hall–Kier alpha value is -1.29. The van der Waals surface area contributed by atoms with Crippen molar-refractivity contribution in [1.29, 1.82) is 0 Å². The minimum atomic E-state index is -1.01. The van der Waals surface area contributed by atoms with Crippen molar-refractivity contribution in [2.45, 2.75) is 59.5 Å². The van der Waals surface area contributed by atoms with Crippen molar-refractivity contribution in [3.05, 3.63) is 23.7 Å². The van der Waals surface area contributed by atoms with E-state index in [0.29, 0.717) is 12.0 Å². The highest BCUT2D eigenvalue weighted by Gasteiger charge is 2.25. The maximum Gasteiger partial charge on any atom is 0.371 e. The van der Waals surface area contributed by atoms with Crippen LogP contribution in [0.25, 0.3) is 0 Å². The van der Waals surface area contributed by atoms with Gasteiger partial charge in [-0.05, 0) is 37.8 Å². The molecule has 0 bridgehead atoms. The summed E-state index contributed by atoms with van der Waals surface area (Å²) in [5, 5.41) is 8.96. The van der Waals surface area contributed by atoms with Gasteiger partial charge in [-0.25, -0.2) is 4.79 Å². The Kier molecular flexibility index (Phi) is 6.27. The van der Waals surface area contributed by atoms with Gasteiger partial charge in [-0.15, -0.1) is 0 Å². The van der Waals surface area contributed by atoms with Crippen LogP contribution in [-0.2, 0) is 0 Å². The van der Waals surface area contributed by atoms with Crippen LogP contribution in [0.4, 0.5) is 0 Å². The van der Waals surface area contributed by atoms with E-state index in [1.54, 1.807) is 6.07 Å². The number of nitrogens with zero attached hydrogens (tertiary/aromatic N) is 1. The lowest BCUT2D eigenvalue weighted by Gasteiger charge is -2.36. The molecule has 1 aromatic heterocycles. The molecule has 1 rings (SSSR count). The molecule has 1 heterocycles. The van der Waals surface area contributed by atoms with Gasteiger partial charge in [0.1, 0.15) is 5.76 Å². The lowest BCUT2D eigenvalue weighted by Crippen LogP contribution is -2.39. The first kappa shape index (κ1) is 16.8. The van der Waals surface area contributed by atoms with Crippen LogP contribution >= 0.6 is 0 Å². The molecular formula is C16H27NO3. The van der Waals surface area contributed by atoms with Crippen molar-refractivity contribution >= 4 is 5.97 Å². The van der Waals surface area contributed by atoms with Gasteiger partial charge in [0.05, 0.1) is 6.04 Å². The Morgan fingerprint density at radius 2 is 1.85 bits per heavy atom. The number of rotatable bonds is 8. The standard InChI is InChI=1S/C16H27NO3/c1-6-13(7-2)17(10-11(3)4)12(5)14-8-9-15(20-14)16(18)19/h8-9,11-13H,6-7,10H2,1-5H3,(H,18,19). The Labute approximate surface area is 121 Å². The van der Waals surface area contributed by atoms with Crippen LogP contribution in [-0.4, -0.2) is 28.6 Å². The van der Waals surface area contributed by atoms with Crippen molar-refractivity contribution in [3.63, 3.8) is 0 Å². The highest BCUT2D eigenvalue weighted by Crippen LogP contribution is 2.27. The van der Waals surface area contributed by atoms with E-state index in [1.807, 2.05) is 0 Å². The molecule has 1 N–H and O–H groups in total. The molecule has 0 fully saturated rings. The molecule has 114 valence electrons. The van der Waals surface area contributed by atoms with Gasteiger partial charge in [0.25, 0.3) is 0 Å². The van der Waals surface area contributed by atoms with E-state index in [1.165, 1.54) is 6.07 Å². The summed E-state index contributed by atoms with van der Waals surface area (Å²) in [4.78, 5) is 13.3. The average molecular weight is 281 g/mol. The fourth-order valence-corrected chi connectivity index (χ4v) is 2.66. The van der Waals surface area contributed by atoms with E-state index >= 15 is 0 Å². The second-order valence-corrected chi connectivity index (χ2v) is 5.74. The fourth-order valence-electron chi connectivity index (χ4n) is 2.66. The zero-order valence-electron chi connectivity index (χ0n) is 13.2. The number of carboxylic acid groups (broad SMARTS) is 1. The van der Waals surface area contributed by atoms with Crippen LogP contribution in [0.5, 0.6) is 0 Å². The van der Waals surface area contributed by atoms with Crippen LogP contribution < -0.4 is 0 Å². The molecule has 0 saturated heterocycles. The topological polar surface area (TPSA) is 53.7 Å². The molecule has 4 nitrogen and oxygen atoms in total. The minimum absolute atomic E-state index is 0.0147. The van der Waals surface area contributed by atoms with Gasteiger partial charge in [0, 0.05) is 12.6 Å². The molecule has 1 atom stereocenters.